The fourth-order valence-corrected chi connectivity index (χ4v) is 2.89. The Morgan fingerprint density at radius 3 is 2.56 bits per heavy atom. The highest BCUT2D eigenvalue weighted by atomic mass is 16.7. The van der Waals surface area contributed by atoms with E-state index in [-0.39, 0.29) is 17.4 Å². The van der Waals surface area contributed by atoms with Crippen molar-refractivity contribution in [3.8, 4) is 5.75 Å². The molecule has 18 heavy (non-hydrogen) atoms. The van der Waals surface area contributed by atoms with Crippen LogP contribution in [0.25, 0.3) is 0 Å². The summed E-state index contributed by atoms with van der Waals surface area (Å²) in [6.45, 7) is 1.34. The summed E-state index contributed by atoms with van der Waals surface area (Å²) in [7, 11) is 0. The summed E-state index contributed by atoms with van der Waals surface area (Å²) >= 11 is 0. The van der Waals surface area contributed by atoms with Crippen molar-refractivity contribution in [2.24, 2.45) is 0 Å². The van der Waals surface area contributed by atoms with Crippen LogP contribution in [0.1, 0.15) is 31.7 Å². The van der Waals surface area contributed by atoms with Gasteiger partial charge in [0.05, 0.1) is 13.2 Å². The molecule has 1 aliphatic heterocycles. The summed E-state index contributed by atoms with van der Waals surface area (Å²) in [5.41, 5.74) is -0.149. The molecule has 5 nitrogen and oxygen atoms in total. The van der Waals surface area contributed by atoms with E-state index in [2.05, 4.69) is 0 Å². The highest BCUT2D eigenvalue weighted by molar-refractivity contribution is 5.16. The van der Waals surface area contributed by atoms with Crippen molar-refractivity contribution in [3.05, 3.63) is 28.7 Å². The molecule has 0 unspecified atom stereocenters. The molecule has 5 heteroatoms. The number of hydrogen-bond donors (Lipinski definition) is 1. The van der Waals surface area contributed by atoms with Gasteiger partial charge in [0.1, 0.15) is 5.75 Å². The zero-order valence-electron chi connectivity index (χ0n) is 10.2. The Morgan fingerprint density at radius 2 is 1.94 bits per heavy atom. The Morgan fingerprint density at radius 1 is 1.28 bits per heavy atom. The van der Waals surface area contributed by atoms with Gasteiger partial charge >= 0.3 is 0 Å². The molecule has 1 N–H and O–H groups in total. The Labute approximate surface area is 105 Å². The van der Waals surface area contributed by atoms with Crippen LogP contribution in [0.3, 0.4) is 0 Å². The van der Waals surface area contributed by atoms with Gasteiger partial charge in [-0.2, -0.15) is 0 Å². The summed E-state index contributed by atoms with van der Waals surface area (Å²) < 4.78 is 13.0. The summed E-state index contributed by atoms with van der Waals surface area (Å²) in [4.78, 5) is 11.8. The molecule has 98 valence electrons. The van der Waals surface area contributed by atoms with Crippen LogP contribution in [0.4, 0.5) is 0 Å². The normalized spacial score (nSPS) is 23.6. The fourth-order valence-electron chi connectivity index (χ4n) is 2.89. The Balaban J connectivity index is 1.74. The molecule has 0 bridgehead atoms. The predicted molar refractivity (Wildman–Crippen MR) is 64.5 cm³/mol. The molecule has 0 aromatic carbocycles. The van der Waals surface area contributed by atoms with Crippen LogP contribution in [-0.4, -0.2) is 28.7 Å². The second-order valence-corrected chi connectivity index (χ2v) is 4.97. The van der Waals surface area contributed by atoms with Gasteiger partial charge in [-0.05, 0) is 18.9 Å². The molecular formula is C13H17NO4. The van der Waals surface area contributed by atoms with Gasteiger partial charge in [0.25, 0.3) is 5.56 Å². The molecular weight excluding hydrogens is 234 g/mol. The fraction of sp³-hybridized carbons (Fsp3) is 0.615. The van der Waals surface area contributed by atoms with E-state index in [1.54, 1.807) is 16.8 Å². The van der Waals surface area contributed by atoms with Crippen LogP contribution in [0.15, 0.2) is 23.1 Å². The lowest BCUT2D eigenvalue weighted by Crippen LogP contribution is -2.37. The second kappa shape index (κ2) is 4.40. The molecule has 1 aromatic heterocycles. The zero-order valence-corrected chi connectivity index (χ0v) is 10.2. The van der Waals surface area contributed by atoms with Gasteiger partial charge in [0.2, 0.25) is 0 Å². The van der Waals surface area contributed by atoms with Gasteiger partial charge < -0.3 is 19.1 Å². The molecule has 1 saturated carbocycles. The van der Waals surface area contributed by atoms with Crippen LogP contribution in [0.5, 0.6) is 5.75 Å². The number of rotatable bonds is 1. The van der Waals surface area contributed by atoms with E-state index in [4.69, 9.17) is 9.47 Å². The quantitative estimate of drug-likeness (QED) is 0.819. The summed E-state index contributed by atoms with van der Waals surface area (Å²) in [6, 6.07) is 2.98. The average Bonchev–Trinajstić information content (AvgIpc) is 2.80. The van der Waals surface area contributed by atoms with Gasteiger partial charge in [-0.15, -0.1) is 0 Å². The van der Waals surface area contributed by atoms with Crippen molar-refractivity contribution in [1.82, 2.24) is 4.57 Å². The molecule has 1 saturated heterocycles. The van der Waals surface area contributed by atoms with Crippen LogP contribution >= 0.6 is 0 Å². The van der Waals surface area contributed by atoms with Gasteiger partial charge in [-0.1, -0.05) is 0 Å². The van der Waals surface area contributed by atoms with Crippen molar-refractivity contribution in [2.75, 3.05) is 13.2 Å². The second-order valence-electron chi connectivity index (χ2n) is 4.97. The summed E-state index contributed by atoms with van der Waals surface area (Å²) in [6.07, 6.45) is 5.04. The molecule has 2 heterocycles. The Bertz CT molecular complexity index is 480. The average molecular weight is 251 g/mol. The van der Waals surface area contributed by atoms with Crippen LogP contribution in [-0.2, 0) is 9.47 Å². The minimum atomic E-state index is -0.392. The van der Waals surface area contributed by atoms with Crippen LogP contribution in [0.2, 0.25) is 0 Å². The van der Waals surface area contributed by atoms with Gasteiger partial charge in [0.15, 0.2) is 5.79 Å². The van der Waals surface area contributed by atoms with Gasteiger partial charge in [0, 0.05) is 31.1 Å². The zero-order chi connectivity index (χ0) is 12.6. The maximum Gasteiger partial charge on any atom is 0.254 e. The van der Waals surface area contributed by atoms with E-state index in [9.17, 15) is 9.90 Å². The van der Waals surface area contributed by atoms with E-state index < -0.39 is 5.79 Å². The third kappa shape index (κ3) is 2.04. The molecule has 3 rings (SSSR count). The first-order valence-electron chi connectivity index (χ1n) is 6.38. The Hall–Kier alpha value is -1.33. The van der Waals surface area contributed by atoms with Crippen molar-refractivity contribution < 1.29 is 14.6 Å². The Kier molecular flexibility index (Phi) is 2.87. The van der Waals surface area contributed by atoms with Crippen molar-refractivity contribution in [1.29, 1.82) is 0 Å². The van der Waals surface area contributed by atoms with Crippen molar-refractivity contribution in [3.63, 3.8) is 0 Å². The number of pyridine rings is 1. The number of nitrogens with zero attached hydrogens (tertiary/aromatic N) is 1. The largest absolute Gasteiger partial charge is 0.508 e. The highest BCUT2D eigenvalue weighted by Crippen LogP contribution is 2.39. The number of aromatic nitrogens is 1. The molecule has 1 spiro atoms. The van der Waals surface area contributed by atoms with E-state index in [1.165, 1.54) is 6.07 Å². The number of hydrogen-bond acceptors (Lipinski definition) is 4. The highest BCUT2D eigenvalue weighted by Gasteiger charge is 2.40. The molecule has 0 radical (unpaired) electrons. The molecule has 1 aromatic rings. The lowest BCUT2D eigenvalue weighted by Gasteiger charge is -2.35. The van der Waals surface area contributed by atoms with E-state index in [0.29, 0.717) is 13.2 Å². The minimum absolute atomic E-state index is 0.0194. The monoisotopic (exact) mass is 251 g/mol. The maximum absolute atomic E-state index is 11.8. The third-order valence-electron chi connectivity index (χ3n) is 3.86. The first-order valence-corrected chi connectivity index (χ1v) is 6.38. The number of ether oxygens (including phenoxy) is 2. The molecule has 1 aliphatic carbocycles. The molecule has 0 amide bonds. The standard InChI is InChI=1S/C13H17NO4/c15-11-3-6-14(12(16)9-11)10-1-4-13(5-2-10)17-7-8-18-13/h3,6,9-10,15H,1-2,4-5,7-8H2. The van der Waals surface area contributed by atoms with E-state index in [0.717, 1.165) is 25.7 Å². The lowest BCUT2D eigenvalue weighted by molar-refractivity contribution is -0.181. The van der Waals surface area contributed by atoms with Crippen molar-refractivity contribution >= 4 is 0 Å². The van der Waals surface area contributed by atoms with Gasteiger partial charge in [-0.25, -0.2) is 0 Å². The lowest BCUT2D eigenvalue weighted by atomic mass is 9.90. The summed E-state index contributed by atoms with van der Waals surface area (Å²) in [5, 5.41) is 9.25. The maximum atomic E-state index is 11.8. The number of aromatic hydroxyl groups is 1. The first-order chi connectivity index (χ1) is 8.69. The predicted octanol–water partition coefficient (Wildman–Crippen LogP) is 1.41. The van der Waals surface area contributed by atoms with Crippen molar-refractivity contribution in [2.45, 2.75) is 37.5 Å². The first kappa shape index (κ1) is 11.7. The van der Waals surface area contributed by atoms with Gasteiger partial charge in [-0.3, -0.25) is 4.79 Å². The molecule has 2 fully saturated rings. The summed E-state index contributed by atoms with van der Waals surface area (Å²) in [5.74, 6) is -0.372. The SMILES string of the molecule is O=c1cc(O)ccn1C1CCC2(CC1)OCCO2. The smallest absolute Gasteiger partial charge is 0.254 e. The molecule has 0 atom stereocenters. The third-order valence-corrected chi connectivity index (χ3v) is 3.86. The van der Waals surface area contributed by atoms with Crippen LogP contribution < -0.4 is 5.56 Å². The molecule has 2 aliphatic rings. The van der Waals surface area contributed by atoms with E-state index >= 15 is 0 Å². The van der Waals surface area contributed by atoms with Crippen LogP contribution in [0, 0.1) is 0 Å². The minimum Gasteiger partial charge on any atom is -0.508 e. The van der Waals surface area contributed by atoms with E-state index in [1.807, 2.05) is 0 Å². The topological polar surface area (TPSA) is 60.7 Å².